The number of rotatable bonds is 5. The van der Waals surface area contributed by atoms with Gasteiger partial charge in [-0.15, -0.1) is 0 Å². The molecule has 0 unspecified atom stereocenters. The Morgan fingerprint density at radius 1 is 1.19 bits per heavy atom. The maximum Gasteiger partial charge on any atom is 0.419 e. The van der Waals surface area contributed by atoms with Gasteiger partial charge in [0.2, 0.25) is 5.95 Å². The summed E-state index contributed by atoms with van der Waals surface area (Å²) in [5.41, 5.74) is 5.46. The van der Waals surface area contributed by atoms with Gasteiger partial charge in [-0.3, -0.25) is 4.79 Å². The van der Waals surface area contributed by atoms with E-state index in [1.165, 1.54) is 0 Å². The number of nitrogens with two attached hydrogens (primary N) is 1. The van der Waals surface area contributed by atoms with E-state index in [0.29, 0.717) is 38.3 Å². The van der Waals surface area contributed by atoms with E-state index >= 15 is 0 Å². The van der Waals surface area contributed by atoms with E-state index in [2.05, 4.69) is 9.97 Å². The van der Waals surface area contributed by atoms with Crippen LogP contribution in [0.2, 0.25) is 0 Å². The van der Waals surface area contributed by atoms with E-state index in [0.717, 1.165) is 18.1 Å². The largest absolute Gasteiger partial charge is 0.445 e. The van der Waals surface area contributed by atoms with E-state index in [-0.39, 0.29) is 11.9 Å². The number of aryl methyl sites for hydroxylation is 1. The number of carbonyl (C=O) groups excluding carboxylic acids is 2. The Morgan fingerprint density at radius 2 is 1.81 bits per heavy atom. The number of aromatic nitrogens is 3. The summed E-state index contributed by atoms with van der Waals surface area (Å²) in [5.74, 6) is 0.0452. The normalized spacial score (nSPS) is 15.6. The van der Waals surface area contributed by atoms with E-state index in [1.54, 1.807) is 29.0 Å². The monoisotopic (exact) mass is 440 g/mol. The molecule has 2 amide bonds. The minimum atomic E-state index is -4.48. The van der Waals surface area contributed by atoms with Gasteiger partial charge in [0.15, 0.2) is 0 Å². The molecule has 3 rings (SSSR count). The number of hydrogen-bond acceptors (Lipinski definition) is 6. The van der Waals surface area contributed by atoms with Crippen molar-refractivity contribution in [3.8, 4) is 0 Å². The lowest BCUT2D eigenvalue weighted by Crippen LogP contribution is -2.49. The van der Waals surface area contributed by atoms with E-state index in [1.807, 2.05) is 11.5 Å². The predicted octanol–water partition coefficient (Wildman–Crippen LogP) is 2.05. The Hall–Kier alpha value is -3.31. The molecule has 2 N–H and O–H groups in total. The molecule has 0 aromatic carbocycles. The Bertz CT molecular complexity index is 936. The molecule has 31 heavy (non-hydrogen) atoms. The zero-order valence-corrected chi connectivity index (χ0v) is 17.1. The third-order valence-corrected chi connectivity index (χ3v) is 4.95. The third-order valence-electron chi connectivity index (χ3n) is 4.95. The maximum atomic E-state index is 12.9. The number of nitrogens with zero attached hydrogens (tertiary/aromatic N) is 5. The van der Waals surface area contributed by atoms with Gasteiger partial charge in [-0.25, -0.2) is 14.8 Å². The highest BCUT2D eigenvalue weighted by Gasteiger charge is 2.32. The summed E-state index contributed by atoms with van der Waals surface area (Å²) < 4.78 is 44.7. The Kier molecular flexibility index (Phi) is 6.37. The molecular weight excluding hydrogens is 417 g/mol. The molecule has 168 valence electrons. The Morgan fingerprint density at radius 3 is 2.35 bits per heavy atom. The second-order valence-electron chi connectivity index (χ2n) is 7.32. The van der Waals surface area contributed by atoms with Crippen LogP contribution in [0.1, 0.15) is 28.5 Å². The molecule has 0 aliphatic carbocycles. The van der Waals surface area contributed by atoms with Gasteiger partial charge in [0, 0.05) is 50.5 Å². The van der Waals surface area contributed by atoms with Crippen LogP contribution in [0.5, 0.6) is 0 Å². The Labute approximate surface area is 176 Å². The minimum absolute atomic E-state index is 0.154. The van der Waals surface area contributed by atoms with Gasteiger partial charge in [0.05, 0.1) is 17.7 Å². The second kappa shape index (κ2) is 8.82. The van der Waals surface area contributed by atoms with Crippen molar-refractivity contribution < 1.29 is 27.5 Å². The van der Waals surface area contributed by atoms with Crippen LogP contribution in [0.15, 0.2) is 24.7 Å². The molecule has 2 aromatic rings. The van der Waals surface area contributed by atoms with Crippen LogP contribution in [0.3, 0.4) is 0 Å². The number of halogens is 3. The second-order valence-corrected chi connectivity index (χ2v) is 7.32. The first kappa shape index (κ1) is 22.4. The number of amides is 2. The molecule has 9 nitrogen and oxygen atoms in total. The molecule has 1 saturated heterocycles. The first-order valence-electron chi connectivity index (χ1n) is 9.61. The van der Waals surface area contributed by atoms with Crippen molar-refractivity contribution in [2.75, 3.05) is 31.1 Å². The van der Waals surface area contributed by atoms with Crippen molar-refractivity contribution in [3.63, 3.8) is 0 Å². The number of ether oxygens (including phenoxy) is 1. The highest BCUT2D eigenvalue weighted by molar-refractivity contribution is 5.94. The summed E-state index contributed by atoms with van der Waals surface area (Å²) in [4.78, 5) is 34.7. The lowest BCUT2D eigenvalue weighted by atomic mass is 10.2. The van der Waals surface area contributed by atoms with Gasteiger partial charge in [0.1, 0.15) is 6.10 Å². The van der Waals surface area contributed by atoms with Crippen LogP contribution < -0.4 is 10.6 Å². The molecule has 0 radical (unpaired) electrons. The molecule has 0 bridgehead atoms. The maximum absolute atomic E-state index is 12.9. The molecule has 12 heteroatoms. The topological polar surface area (TPSA) is 107 Å². The number of piperazine rings is 1. The summed E-state index contributed by atoms with van der Waals surface area (Å²) in [6.07, 6.45) is -2.57. The fourth-order valence-electron chi connectivity index (χ4n) is 3.36. The summed E-state index contributed by atoms with van der Waals surface area (Å²) in [5, 5.41) is 0. The molecule has 1 fully saturated rings. The smallest absolute Gasteiger partial charge is 0.419 e. The van der Waals surface area contributed by atoms with E-state index in [4.69, 9.17) is 10.5 Å². The van der Waals surface area contributed by atoms with Gasteiger partial charge in [0.25, 0.3) is 5.91 Å². The highest BCUT2D eigenvalue weighted by Crippen LogP contribution is 2.28. The SMILES string of the molecule is Cc1cc(C(=O)N2CCN(c3ncc(C(F)(F)F)cn3)CC2)cn1C[C@H](C)OC(N)=O. The fraction of sp³-hybridized carbons (Fsp3) is 0.474. The van der Waals surface area contributed by atoms with Crippen molar-refractivity contribution in [3.05, 3.63) is 41.5 Å². The minimum Gasteiger partial charge on any atom is -0.445 e. The zero-order chi connectivity index (χ0) is 22.8. The number of anilines is 1. The van der Waals surface area contributed by atoms with Crippen LogP contribution in [0.25, 0.3) is 0 Å². The van der Waals surface area contributed by atoms with Crippen LogP contribution in [0.4, 0.5) is 23.9 Å². The third kappa shape index (κ3) is 5.44. The average Bonchev–Trinajstić information content (AvgIpc) is 3.06. The van der Waals surface area contributed by atoms with Gasteiger partial charge < -0.3 is 24.8 Å². The fourth-order valence-corrected chi connectivity index (χ4v) is 3.36. The first-order chi connectivity index (χ1) is 14.5. The predicted molar refractivity (Wildman–Crippen MR) is 104 cm³/mol. The molecule has 1 atom stereocenters. The van der Waals surface area contributed by atoms with Crippen LogP contribution in [-0.4, -0.2) is 63.7 Å². The quantitative estimate of drug-likeness (QED) is 0.763. The van der Waals surface area contributed by atoms with Gasteiger partial charge in [-0.2, -0.15) is 13.2 Å². The molecule has 0 saturated carbocycles. The summed E-state index contributed by atoms with van der Waals surface area (Å²) >= 11 is 0. The van der Waals surface area contributed by atoms with Gasteiger partial charge >= 0.3 is 12.3 Å². The number of primary amides is 1. The summed E-state index contributed by atoms with van der Waals surface area (Å²) in [6, 6.07) is 1.75. The van der Waals surface area contributed by atoms with Crippen molar-refractivity contribution >= 4 is 17.9 Å². The molecular formula is C19H23F3N6O3. The number of alkyl halides is 3. The van der Waals surface area contributed by atoms with Crippen molar-refractivity contribution in [2.24, 2.45) is 5.73 Å². The van der Waals surface area contributed by atoms with Crippen LogP contribution in [-0.2, 0) is 17.5 Å². The zero-order valence-electron chi connectivity index (χ0n) is 17.1. The van der Waals surface area contributed by atoms with Crippen molar-refractivity contribution in [2.45, 2.75) is 32.7 Å². The van der Waals surface area contributed by atoms with Crippen molar-refractivity contribution in [1.82, 2.24) is 19.4 Å². The van der Waals surface area contributed by atoms with Crippen LogP contribution in [0, 0.1) is 6.92 Å². The van der Waals surface area contributed by atoms with Crippen molar-refractivity contribution in [1.29, 1.82) is 0 Å². The summed E-state index contributed by atoms with van der Waals surface area (Å²) in [7, 11) is 0. The van der Waals surface area contributed by atoms with Gasteiger partial charge in [-0.05, 0) is 19.9 Å². The highest BCUT2D eigenvalue weighted by atomic mass is 19.4. The first-order valence-corrected chi connectivity index (χ1v) is 9.61. The molecule has 1 aliphatic rings. The Balaban J connectivity index is 1.59. The van der Waals surface area contributed by atoms with E-state index < -0.39 is 23.9 Å². The molecule has 1 aliphatic heterocycles. The lowest BCUT2D eigenvalue weighted by molar-refractivity contribution is -0.138. The molecule has 2 aromatic heterocycles. The number of carbonyl (C=O) groups is 2. The lowest BCUT2D eigenvalue weighted by Gasteiger charge is -2.34. The number of hydrogen-bond donors (Lipinski definition) is 1. The average molecular weight is 440 g/mol. The standard InChI is InChI=1S/C19H23F3N6O3/c1-12-7-14(11-28(12)10-13(2)31-17(23)30)16(29)26-3-5-27(6-4-26)18-24-8-15(9-25-18)19(20,21)22/h7-9,11,13H,3-6,10H2,1-2H3,(H2,23,30)/t13-/m0/s1. The van der Waals surface area contributed by atoms with Gasteiger partial charge in [-0.1, -0.05) is 0 Å². The van der Waals surface area contributed by atoms with E-state index in [9.17, 15) is 22.8 Å². The summed E-state index contributed by atoms with van der Waals surface area (Å²) in [6.45, 7) is 5.48. The molecule has 3 heterocycles. The molecule has 0 spiro atoms. The van der Waals surface area contributed by atoms with Crippen LogP contribution >= 0.6 is 0 Å².